The maximum Gasteiger partial charge on any atom is 0.271 e. The normalized spacial score (nSPS) is 10.5. The maximum atomic E-state index is 12.2. The molecule has 6 heteroatoms. The largest absolute Gasteiger partial charge is 0.497 e. The summed E-state index contributed by atoms with van der Waals surface area (Å²) in [5.41, 5.74) is 0.702. The van der Waals surface area contributed by atoms with Gasteiger partial charge in [-0.3, -0.25) is 19.8 Å². The number of rotatable bonds is 3. The lowest BCUT2D eigenvalue weighted by atomic mass is 10.0. The third-order valence-electron chi connectivity index (χ3n) is 3.12. The number of H-pyrrole nitrogens is 2. The molecule has 2 heterocycles. The van der Waals surface area contributed by atoms with E-state index in [4.69, 9.17) is 4.74 Å². The number of ether oxygens (including phenoxy) is 1. The molecule has 0 aliphatic rings. The Morgan fingerprint density at radius 3 is 2.43 bits per heavy atom. The lowest BCUT2D eigenvalue weighted by Crippen LogP contribution is -2.22. The summed E-state index contributed by atoms with van der Waals surface area (Å²) in [6.07, 6.45) is 0. The molecule has 2 N–H and O–H groups in total. The van der Waals surface area contributed by atoms with Crippen molar-refractivity contribution in [2.45, 2.75) is 0 Å². The van der Waals surface area contributed by atoms with Crippen molar-refractivity contribution in [2.24, 2.45) is 0 Å². The summed E-state index contributed by atoms with van der Waals surface area (Å²) >= 11 is 1.41. The molecule has 0 radical (unpaired) electrons. The van der Waals surface area contributed by atoms with E-state index < -0.39 is 0 Å². The molecule has 0 atom stereocenters. The highest BCUT2D eigenvalue weighted by Crippen LogP contribution is 2.30. The summed E-state index contributed by atoms with van der Waals surface area (Å²) in [4.78, 5) is 25.1. The van der Waals surface area contributed by atoms with Crippen molar-refractivity contribution in [1.82, 2.24) is 10.2 Å². The number of thiophene rings is 1. The van der Waals surface area contributed by atoms with Gasteiger partial charge in [-0.15, -0.1) is 11.3 Å². The molecule has 21 heavy (non-hydrogen) atoms. The second-order valence-electron chi connectivity index (χ2n) is 4.37. The summed E-state index contributed by atoms with van der Waals surface area (Å²) in [7, 11) is 1.56. The molecule has 0 aliphatic carbocycles. The lowest BCUT2D eigenvalue weighted by molar-refractivity contribution is 0.415. The van der Waals surface area contributed by atoms with Gasteiger partial charge < -0.3 is 4.74 Å². The number of benzene rings is 1. The van der Waals surface area contributed by atoms with Crippen LogP contribution in [0, 0.1) is 0 Å². The number of aromatic nitrogens is 2. The summed E-state index contributed by atoms with van der Waals surface area (Å²) in [6.45, 7) is 0. The van der Waals surface area contributed by atoms with Crippen LogP contribution in [0.3, 0.4) is 0 Å². The van der Waals surface area contributed by atoms with Crippen LogP contribution in [0.1, 0.15) is 0 Å². The molecule has 0 saturated carbocycles. The van der Waals surface area contributed by atoms with Crippen LogP contribution < -0.4 is 15.9 Å². The zero-order valence-corrected chi connectivity index (χ0v) is 12.0. The minimum absolute atomic E-state index is 0.324. The summed E-state index contributed by atoms with van der Waals surface area (Å²) in [6, 6.07) is 10.8. The van der Waals surface area contributed by atoms with E-state index in [-0.39, 0.29) is 11.1 Å². The van der Waals surface area contributed by atoms with Gasteiger partial charge in [0.25, 0.3) is 11.1 Å². The molecule has 0 aliphatic heterocycles. The molecule has 3 aromatic rings. The van der Waals surface area contributed by atoms with Gasteiger partial charge in [-0.2, -0.15) is 0 Å². The predicted octanol–water partition coefficient (Wildman–Crippen LogP) is 2.47. The smallest absolute Gasteiger partial charge is 0.271 e. The van der Waals surface area contributed by atoms with Crippen LogP contribution >= 0.6 is 11.3 Å². The molecule has 3 rings (SSSR count). The van der Waals surface area contributed by atoms with Crippen LogP contribution in [-0.4, -0.2) is 17.3 Å². The fourth-order valence-corrected chi connectivity index (χ4v) is 2.95. The topological polar surface area (TPSA) is 75.0 Å². The number of hydrogen-bond acceptors (Lipinski definition) is 4. The number of aromatic amines is 2. The van der Waals surface area contributed by atoms with Crippen molar-refractivity contribution < 1.29 is 4.74 Å². The van der Waals surface area contributed by atoms with Gasteiger partial charge in [-0.1, -0.05) is 18.2 Å². The van der Waals surface area contributed by atoms with Crippen molar-refractivity contribution in [1.29, 1.82) is 0 Å². The fraction of sp³-hybridized carbons (Fsp3) is 0.0667. The van der Waals surface area contributed by atoms with Gasteiger partial charge in [-0.05, 0) is 29.1 Å². The van der Waals surface area contributed by atoms with Crippen molar-refractivity contribution in [3.63, 3.8) is 0 Å². The molecule has 106 valence electrons. The first-order valence-corrected chi connectivity index (χ1v) is 7.12. The highest BCUT2D eigenvalue weighted by Gasteiger charge is 2.16. The minimum atomic E-state index is -0.341. The monoisotopic (exact) mass is 300 g/mol. The summed E-state index contributed by atoms with van der Waals surface area (Å²) < 4.78 is 5.18. The van der Waals surface area contributed by atoms with Crippen molar-refractivity contribution >= 4 is 11.3 Å². The van der Waals surface area contributed by atoms with Gasteiger partial charge in [0.05, 0.1) is 18.2 Å². The highest BCUT2D eigenvalue weighted by molar-refractivity contribution is 7.13. The van der Waals surface area contributed by atoms with E-state index in [1.807, 2.05) is 17.5 Å². The van der Waals surface area contributed by atoms with Crippen molar-refractivity contribution in [3.8, 4) is 27.3 Å². The Hall–Kier alpha value is -2.60. The zero-order valence-electron chi connectivity index (χ0n) is 11.2. The Labute approximate surface area is 123 Å². The van der Waals surface area contributed by atoms with E-state index in [2.05, 4.69) is 10.2 Å². The molecule has 0 unspecified atom stereocenters. The predicted molar refractivity (Wildman–Crippen MR) is 83.0 cm³/mol. The van der Waals surface area contributed by atoms with E-state index in [9.17, 15) is 9.59 Å². The second kappa shape index (κ2) is 5.41. The maximum absolute atomic E-state index is 12.2. The van der Waals surface area contributed by atoms with Gasteiger partial charge in [0, 0.05) is 4.88 Å². The first-order chi connectivity index (χ1) is 10.2. The summed E-state index contributed by atoms with van der Waals surface area (Å²) in [5, 5.41) is 6.62. The van der Waals surface area contributed by atoms with Gasteiger partial charge in [-0.25, -0.2) is 0 Å². The van der Waals surface area contributed by atoms with Crippen LogP contribution in [0.15, 0.2) is 51.4 Å². The van der Waals surface area contributed by atoms with Crippen LogP contribution in [0.4, 0.5) is 0 Å². The van der Waals surface area contributed by atoms with E-state index >= 15 is 0 Å². The number of hydrogen-bond donors (Lipinski definition) is 2. The first-order valence-electron chi connectivity index (χ1n) is 6.24. The van der Waals surface area contributed by atoms with Gasteiger partial charge in [0.15, 0.2) is 0 Å². The molecule has 2 aromatic heterocycles. The van der Waals surface area contributed by atoms with Crippen molar-refractivity contribution in [2.75, 3.05) is 7.11 Å². The Bertz CT molecular complexity index is 878. The number of methoxy groups -OCH3 is 1. The molecular weight excluding hydrogens is 288 g/mol. The van der Waals surface area contributed by atoms with E-state index in [0.29, 0.717) is 22.4 Å². The Morgan fingerprint density at radius 1 is 1.00 bits per heavy atom. The molecule has 0 fully saturated rings. The Kier molecular flexibility index (Phi) is 3.45. The average Bonchev–Trinajstić information content (AvgIpc) is 3.03. The van der Waals surface area contributed by atoms with Crippen LogP contribution in [0.25, 0.3) is 21.6 Å². The lowest BCUT2D eigenvalue weighted by Gasteiger charge is -2.07. The fourth-order valence-electron chi connectivity index (χ4n) is 2.18. The standard InChI is InChI=1S/C15H12N2O3S/c1-20-10-5-2-4-9(8-10)12-13(11-6-3-7-21-11)15(19)17-16-14(12)18/h2-8H,1H3,(H,16,18)(H,17,19). The zero-order chi connectivity index (χ0) is 14.8. The minimum Gasteiger partial charge on any atom is -0.497 e. The van der Waals surface area contributed by atoms with Crippen LogP contribution in [-0.2, 0) is 0 Å². The summed E-state index contributed by atoms with van der Waals surface area (Å²) in [5.74, 6) is 0.629. The molecule has 0 spiro atoms. The molecule has 0 amide bonds. The Balaban J connectivity index is 2.34. The molecular formula is C15H12N2O3S. The van der Waals surface area contributed by atoms with Crippen LogP contribution in [0.5, 0.6) is 5.75 Å². The SMILES string of the molecule is COc1cccc(-c2c(-c3cccs3)c(=O)[nH][nH]c2=O)c1. The molecule has 0 bridgehead atoms. The average molecular weight is 300 g/mol. The number of nitrogens with one attached hydrogen (secondary N) is 2. The van der Waals surface area contributed by atoms with E-state index in [0.717, 1.165) is 4.88 Å². The van der Waals surface area contributed by atoms with Crippen LogP contribution in [0.2, 0.25) is 0 Å². The first kappa shape index (κ1) is 13.4. The Morgan fingerprint density at radius 2 is 1.76 bits per heavy atom. The van der Waals surface area contributed by atoms with Gasteiger partial charge >= 0.3 is 0 Å². The quantitative estimate of drug-likeness (QED) is 0.780. The molecule has 1 aromatic carbocycles. The molecule has 0 saturated heterocycles. The highest BCUT2D eigenvalue weighted by atomic mass is 32.1. The third-order valence-corrected chi connectivity index (χ3v) is 4.01. The second-order valence-corrected chi connectivity index (χ2v) is 5.32. The molecule has 5 nitrogen and oxygen atoms in total. The van der Waals surface area contributed by atoms with Gasteiger partial charge in [0.1, 0.15) is 5.75 Å². The van der Waals surface area contributed by atoms with E-state index in [1.54, 1.807) is 31.4 Å². The van der Waals surface area contributed by atoms with Gasteiger partial charge in [0.2, 0.25) is 0 Å². The van der Waals surface area contributed by atoms with E-state index in [1.165, 1.54) is 11.3 Å². The third kappa shape index (κ3) is 2.41. The van der Waals surface area contributed by atoms with Crippen molar-refractivity contribution in [3.05, 3.63) is 62.5 Å².